The molecule has 1 fully saturated rings. The van der Waals surface area contributed by atoms with E-state index in [0.29, 0.717) is 21.7 Å². The number of nitrogens with two attached hydrogens (primary N) is 1. The van der Waals surface area contributed by atoms with Gasteiger partial charge in [-0.3, -0.25) is 14.6 Å². The fourth-order valence-corrected chi connectivity index (χ4v) is 7.84. The summed E-state index contributed by atoms with van der Waals surface area (Å²) in [4.78, 5) is 31.9. The van der Waals surface area contributed by atoms with Crippen LogP contribution in [0.3, 0.4) is 0 Å². The number of para-hydroxylation sites is 2. The topological polar surface area (TPSA) is 120 Å². The molecule has 2 N–H and O–H groups in total. The molecule has 0 aliphatic carbocycles. The number of halogens is 2. The number of primary amides is 1. The third kappa shape index (κ3) is 5.60. The molecule has 4 aromatic rings. The van der Waals surface area contributed by atoms with E-state index in [-0.39, 0.29) is 48.2 Å². The maximum absolute atomic E-state index is 14.7. The molecule has 2 heterocycles. The molecule has 9 nitrogen and oxygen atoms in total. The molecule has 1 aliphatic heterocycles. The number of carbonyl (C=O) groups excluding carboxylic acids is 2. The fourth-order valence-electron chi connectivity index (χ4n) is 5.18. The first-order valence-electron chi connectivity index (χ1n) is 12.8. The lowest BCUT2D eigenvalue weighted by atomic mass is 10.1. The van der Waals surface area contributed by atoms with E-state index >= 15 is 0 Å². The van der Waals surface area contributed by atoms with Crippen molar-refractivity contribution in [3.8, 4) is 5.75 Å². The molecule has 3 aromatic carbocycles. The number of sulfonamides is 1. The SMILES string of the molecule is NC(=O)C1CN(C(=O)COc2ccccc2)CC[N+]1(Cc1ccc(Cl)cc1Cl)S(=O)(=O)c1cccc2cccnc12. The van der Waals surface area contributed by atoms with Crippen molar-refractivity contribution in [3.63, 3.8) is 0 Å². The number of piperazine rings is 1. The van der Waals surface area contributed by atoms with Gasteiger partial charge in [0.25, 0.3) is 11.8 Å². The molecule has 12 heteroatoms. The van der Waals surface area contributed by atoms with E-state index in [1.54, 1.807) is 60.7 Å². The zero-order chi connectivity index (χ0) is 29.2. The van der Waals surface area contributed by atoms with Crippen LogP contribution in [-0.4, -0.2) is 66.3 Å². The van der Waals surface area contributed by atoms with Crippen molar-refractivity contribution < 1.29 is 26.6 Å². The first kappa shape index (κ1) is 28.8. The third-order valence-electron chi connectivity index (χ3n) is 7.30. The highest BCUT2D eigenvalue weighted by atomic mass is 35.5. The van der Waals surface area contributed by atoms with Crippen LogP contribution in [0, 0.1) is 0 Å². The number of hydrogen-bond acceptors (Lipinski definition) is 6. The number of amides is 2. The van der Waals surface area contributed by atoms with Crippen LogP contribution >= 0.6 is 23.2 Å². The van der Waals surface area contributed by atoms with Crippen molar-refractivity contribution >= 4 is 55.9 Å². The number of fused-ring (bicyclic) bond motifs is 1. The van der Waals surface area contributed by atoms with Crippen LogP contribution in [0.25, 0.3) is 10.9 Å². The van der Waals surface area contributed by atoms with E-state index in [1.807, 2.05) is 6.07 Å². The maximum Gasteiger partial charge on any atom is 0.330 e. The summed E-state index contributed by atoms with van der Waals surface area (Å²) in [5, 5.41) is 1.25. The fraction of sp³-hybridized carbons (Fsp3) is 0.207. The van der Waals surface area contributed by atoms with Gasteiger partial charge < -0.3 is 15.4 Å². The first-order chi connectivity index (χ1) is 19.6. The zero-order valence-electron chi connectivity index (χ0n) is 21.8. The van der Waals surface area contributed by atoms with Crippen LogP contribution in [0.5, 0.6) is 5.75 Å². The molecule has 2 amide bonds. The lowest BCUT2D eigenvalue weighted by Gasteiger charge is -2.47. The van der Waals surface area contributed by atoms with Crippen LogP contribution in [-0.2, 0) is 26.2 Å². The van der Waals surface area contributed by atoms with E-state index in [1.165, 1.54) is 23.2 Å². The Hall–Kier alpha value is -3.70. The Bertz CT molecular complexity index is 1720. The molecule has 0 spiro atoms. The average molecular weight is 615 g/mol. The minimum atomic E-state index is -4.36. The number of hydrogen-bond donors (Lipinski definition) is 1. The lowest BCUT2D eigenvalue weighted by Crippen LogP contribution is -2.71. The summed E-state index contributed by atoms with van der Waals surface area (Å²) in [6.07, 6.45) is 1.51. The summed E-state index contributed by atoms with van der Waals surface area (Å²) >= 11 is 12.6. The largest absolute Gasteiger partial charge is 0.484 e. The van der Waals surface area contributed by atoms with E-state index in [9.17, 15) is 18.0 Å². The van der Waals surface area contributed by atoms with E-state index in [0.717, 1.165) is 0 Å². The Morgan fingerprint density at radius 1 is 1.02 bits per heavy atom. The molecule has 1 aromatic heterocycles. The summed E-state index contributed by atoms with van der Waals surface area (Å²) in [5.41, 5.74) is 6.65. The van der Waals surface area contributed by atoms with Crippen LogP contribution in [0.2, 0.25) is 10.0 Å². The Labute approximate surface area is 247 Å². The molecule has 0 bridgehead atoms. The van der Waals surface area contributed by atoms with Crippen molar-refractivity contribution in [1.82, 2.24) is 9.88 Å². The van der Waals surface area contributed by atoms with Crippen molar-refractivity contribution in [3.05, 3.63) is 101 Å². The van der Waals surface area contributed by atoms with E-state index < -0.39 is 31.8 Å². The molecule has 1 saturated heterocycles. The van der Waals surface area contributed by atoms with Gasteiger partial charge in [-0.25, -0.2) is 0 Å². The molecule has 2 atom stereocenters. The van der Waals surface area contributed by atoms with Gasteiger partial charge >= 0.3 is 10.0 Å². The highest BCUT2D eigenvalue weighted by molar-refractivity contribution is 7.86. The molecule has 1 aliphatic rings. The number of quaternary nitrogens is 1. The summed E-state index contributed by atoms with van der Waals surface area (Å²) in [5.74, 6) is -0.752. The molecular formula is C29H27Cl2N4O5S+. The standard InChI is InChI=1S/C29H26Cl2N4O5S/c30-22-12-11-21(24(31)16-22)18-35(41(38,39)26-10-4-6-20-7-5-13-33-28(20)26)15-14-34(17-25(35)29(32)37)27(36)19-40-23-8-2-1-3-9-23/h1-13,16,25H,14-15,17-19H2,(H-,32,37)/p+1. The molecule has 212 valence electrons. The minimum absolute atomic E-state index is 0.0311. The van der Waals surface area contributed by atoms with Gasteiger partial charge in [-0.2, -0.15) is 12.3 Å². The van der Waals surface area contributed by atoms with Crippen molar-refractivity contribution in [1.29, 1.82) is 0 Å². The van der Waals surface area contributed by atoms with Crippen LogP contribution < -0.4 is 10.5 Å². The van der Waals surface area contributed by atoms with Gasteiger partial charge in [0, 0.05) is 22.2 Å². The Morgan fingerprint density at radius 2 is 1.78 bits per heavy atom. The maximum atomic E-state index is 14.7. The van der Waals surface area contributed by atoms with Crippen molar-refractivity contribution in [2.24, 2.45) is 5.73 Å². The van der Waals surface area contributed by atoms with E-state index in [4.69, 9.17) is 33.7 Å². The molecule has 2 unspecified atom stereocenters. The second-order valence-corrected chi connectivity index (χ2v) is 12.7. The number of carbonyl (C=O) groups is 2. The summed E-state index contributed by atoms with van der Waals surface area (Å²) in [6.45, 7) is -0.788. The number of ether oxygens (including phenoxy) is 1. The minimum Gasteiger partial charge on any atom is -0.484 e. The second kappa shape index (κ2) is 11.7. The van der Waals surface area contributed by atoms with Crippen LogP contribution in [0.4, 0.5) is 0 Å². The van der Waals surface area contributed by atoms with E-state index in [2.05, 4.69) is 4.98 Å². The van der Waals surface area contributed by atoms with Gasteiger partial charge in [-0.05, 0) is 36.4 Å². The molecule has 41 heavy (non-hydrogen) atoms. The summed E-state index contributed by atoms with van der Waals surface area (Å²) in [6, 6.07) is 20.6. The van der Waals surface area contributed by atoms with Crippen LogP contribution in [0.1, 0.15) is 5.56 Å². The zero-order valence-corrected chi connectivity index (χ0v) is 24.1. The van der Waals surface area contributed by atoms with Gasteiger partial charge in [0.1, 0.15) is 23.7 Å². The average Bonchev–Trinajstić information content (AvgIpc) is 2.97. The molecule has 0 radical (unpaired) electrons. The van der Waals surface area contributed by atoms with Crippen LogP contribution in [0.15, 0.2) is 90.0 Å². The smallest absolute Gasteiger partial charge is 0.330 e. The Balaban J connectivity index is 1.57. The normalized spacial score (nSPS) is 19.2. The summed E-state index contributed by atoms with van der Waals surface area (Å²) in [7, 11) is -4.36. The number of pyridine rings is 1. The van der Waals surface area contributed by atoms with Gasteiger partial charge in [-0.1, -0.05) is 65.7 Å². The number of aromatic nitrogens is 1. The summed E-state index contributed by atoms with van der Waals surface area (Å²) < 4.78 is 34.3. The molecule has 0 saturated carbocycles. The number of benzene rings is 3. The van der Waals surface area contributed by atoms with Gasteiger partial charge in [0.05, 0.1) is 23.6 Å². The van der Waals surface area contributed by atoms with Gasteiger partial charge in [-0.15, -0.1) is 0 Å². The lowest BCUT2D eigenvalue weighted by molar-refractivity contribution is -0.842. The Kier molecular flexibility index (Phi) is 8.19. The monoisotopic (exact) mass is 613 g/mol. The highest BCUT2D eigenvalue weighted by Crippen LogP contribution is 2.38. The Morgan fingerprint density at radius 3 is 2.51 bits per heavy atom. The third-order valence-corrected chi connectivity index (χ3v) is 10.3. The van der Waals surface area contributed by atoms with Crippen molar-refractivity contribution in [2.75, 3.05) is 26.2 Å². The second-order valence-electron chi connectivity index (χ2n) is 9.74. The number of rotatable bonds is 8. The first-order valence-corrected chi connectivity index (χ1v) is 15.0. The molecule has 5 rings (SSSR count). The molecular weight excluding hydrogens is 587 g/mol. The predicted octanol–water partition coefficient (Wildman–Crippen LogP) is 4.02. The number of nitrogens with zero attached hydrogens (tertiary/aromatic N) is 3. The highest BCUT2D eigenvalue weighted by Gasteiger charge is 2.56. The van der Waals surface area contributed by atoms with Crippen molar-refractivity contribution in [2.45, 2.75) is 17.5 Å². The van der Waals surface area contributed by atoms with Gasteiger partial charge in [0.15, 0.2) is 6.61 Å². The quantitative estimate of drug-likeness (QED) is 0.300. The van der Waals surface area contributed by atoms with Gasteiger partial charge in [0.2, 0.25) is 6.04 Å². The predicted molar refractivity (Wildman–Crippen MR) is 156 cm³/mol.